The van der Waals surface area contributed by atoms with Crippen LogP contribution in [0.4, 0.5) is 0 Å². The second-order valence-electron chi connectivity index (χ2n) is 8.12. The van der Waals surface area contributed by atoms with Crippen LogP contribution < -0.4 is 0 Å². The van der Waals surface area contributed by atoms with E-state index in [4.69, 9.17) is 16.3 Å². The Kier molecular flexibility index (Phi) is 7.42. The molecule has 0 spiro atoms. The van der Waals surface area contributed by atoms with Crippen LogP contribution in [0.1, 0.15) is 62.7 Å². The monoisotopic (exact) mass is 456 g/mol. The van der Waals surface area contributed by atoms with E-state index in [0.29, 0.717) is 13.1 Å². The van der Waals surface area contributed by atoms with Crippen molar-refractivity contribution in [2.45, 2.75) is 69.4 Å². The lowest BCUT2D eigenvalue weighted by molar-refractivity contribution is -0.140. The predicted octanol–water partition coefficient (Wildman–Crippen LogP) is 3.46. The Hall–Kier alpha value is -1.64. The van der Waals surface area contributed by atoms with Crippen molar-refractivity contribution in [1.82, 2.24) is 9.21 Å². The molecule has 0 aliphatic carbocycles. The number of sulfonamides is 1. The first-order valence-corrected chi connectivity index (χ1v) is 12.3. The summed E-state index contributed by atoms with van der Waals surface area (Å²) in [5, 5.41) is 0.0594. The van der Waals surface area contributed by atoms with Crippen LogP contribution >= 0.6 is 11.6 Å². The largest absolute Gasteiger partial charge is 0.452 e. The minimum absolute atomic E-state index is 0.0579. The summed E-state index contributed by atoms with van der Waals surface area (Å²) in [5.41, 5.74) is 0.0579. The molecule has 2 aliphatic heterocycles. The minimum Gasteiger partial charge on any atom is -0.452 e. The van der Waals surface area contributed by atoms with Gasteiger partial charge in [-0.25, -0.2) is 13.2 Å². The highest BCUT2D eigenvalue weighted by Crippen LogP contribution is 2.28. The van der Waals surface area contributed by atoms with Crippen LogP contribution in [-0.4, -0.2) is 61.3 Å². The molecule has 1 aromatic carbocycles. The number of halogens is 1. The molecule has 0 radical (unpaired) electrons. The maximum absolute atomic E-state index is 13.0. The normalized spacial score (nSPS) is 23.2. The zero-order valence-electron chi connectivity index (χ0n) is 17.5. The van der Waals surface area contributed by atoms with Gasteiger partial charge in [-0.3, -0.25) is 4.79 Å². The Morgan fingerprint density at radius 3 is 2.33 bits per heavy atom. The number of carbonyl (C=O) groups excluding carboxylic acids is 2. The Balaban J connectivity index is 1.71. The van der Waals surface area contributed by atoms with Crippen molar-refractivity contribution in [3.8, 4) is 0 Å². The highest BCUT2D eigenvalue weighted by molar-refractivity contribution is 7.89. The summed E-state index contributed by atoms with van der Waals surface area (Å²) in [6.07, 6.45) is 5.53. The Morgan fingerprint density at radius 1 is 1.07 bits per heavy atom. The lowest BCUT2D eigenvalue weighted by Gasteiger charge is -2.38. The number of carbonyl (C=O) groups is 2. The lowest BCUT2D eigenvalue weighted by Crippen LogP contribution is -2.49. The first-order chi connectivity index (χ1) is 14.2. The number of ether oxygens (including phenoxy) is 1. The summed E-state index contributed by atoms with van der Waals surface area (Å²) in [6, 6.07) is 4.25. The van der Waals surface area contributed by atoms with Crippen molar-refractivity contribution in [3.63, 3.8) is 0 Å². The van der Waals surface area contributed by atoms with Gasteiger partial charge in [-0.2, -0.15) is 4.31 Å². The van der Waals surface area contributed by atoms with Crippen LogP contribution in [-0.2, 0) is 19.6 Å². The van der Waals surface area contributed by atoms with Crippen molar-refractivity contribution in [2.24, 2.45) is 0 Å². The van der Waals surface area contributed by atoms with Crippen molar-refractivity contribution in [1.29, 1.82) is 0 Å². The number of hydrogen-bond acceptors (Lipinski definition) is 5. The van der Waals surface area contributed by atoms with Gasteiger partial charge in [0.05, 0.1) is 10.6 Å². The van der Waals surface area contributed by atoms with Gasteiger partial charge in [0.2, 0.25) is 10.0 Å². The van der Waals surface area contributed by atoms with Gasteiger partial charge in [-0.1, -0.05) is 18.0 Å². The summed E-state index contributed by atoms with van der Waals surface area (Å²) in [6.45, 7) is 4.49. The molecule has 2 atom stereocenters. The second kappa shape index (κ2) is 9.66. The fourth-order valence-electron chi connectivity index (χ4n) is 4.27. The molecular weight excluding hydrogens is 428 g/mol. The van der Waals surface area contributed by atoms with Crippen molar-refractivity contribution in [3.05, 3.63) is 28.8 Å². The van der Waals surface area contributed by atoms with Gasteiger partial charge in [0.15, 0.2) is 6.61 Å². The van der Waals surface area contributed by atoms with E-state index in [1.807, 2.05) is 13.8 Å². The topological polar surface area (TPSA) is 84.0 Å². The summed E-state index contributed by atoms with van der Waals surface area (Å²) in [5.74, 6) is -0.981. The molecule has 1 aromatic rings. The van der Waals surface area contributed by atoms with Gasteiger partial charge in [0, 0.05) is 25.2 Å². The zero-order valence-corrected chi connectivity index (χ0v) is 19.0. The van der Waals surface area contributed by atoms with Gasteiger partial charge >= 0.3 is 5.97 Å². The van der Waals surface area contributed by atoms with Crippen LogP contribution in [0, 0.1) is 0 Å². The molecule has 7 nitrogen and oxygen atoms in total. The van der Waals surface area contributed by atoms with E-state index in [-0.39, 0.29) is 40.1 Å². The summed E-state index contributed by atoms with van der Waals surface area (Å²) in [7, 11) is -3.79. The van der Waals surface area contributed by atoms with E-state index >= 15 is 0 Å². The van der Waals surface area contributed by atoms with E-state index in [1.54, 1.807) is 4.90 Å². The molecule has 0 saturated carbocycles. The molecule has 0 aromatic heterocycles. The average Bonchev–Trinajstić information content (AvgIpc) is 2.72. The number of benzene rings is 1. The van der Waals surface area contributed by atoms with Crippen molar-refractivity contribution < 1.29 is 22.7 Å². The highest BCUT2D eigenvalue weighted by atomic mass is 35.5. The number of esters is 1. The average molecular weight is 457 g/mol. The van der Waals surface area contributed by atoms with Gasteiger partial charge in [-0.05, 0) is 64.2 Å². The molecule has 3 rings (SSSR count). The maximum atomic E-state index is 13.0. The molecule has 2 aliphatic rings. The molecule has 2 saturated heterocycles. The molecule has 9 heteroatoms. The van der Waals surface area contributed by atoms with Crippen LogP contribution in [0.15, 0.2) is 23.1 Å². The number of rotatable bonds is 5. The molecule has 0 bridgehead atoms. The Morgan fingerprint density at radius 2 is 1.70 bits per heavy atom. The third kappa shape index (κ3) is 4.98. The van der Waals surface area contributed by atoms with E-state index in [2.05, 4.69) is 0 Å². The molecule has 1 amide bonds. The van der Waals surface area contributed by atoms with Crippen LogP contribution in [0.5, 0.6) is 0 Å². The van der Waals surface area contributed by atoms with Crippen LogP contribution in [0.2, 0.25) is 5.02 Å². The van der Waals surface area contributed by atoms with E-state index in [9.17, 15) is 18.0 Å². The van der Waals surface area contributed by atoms with Crippen LogP contribution in [0.25, 0.3) is 0 Å². The molecule has 166 valence electrons. The van der Waals surface area contributed by atoms with Gasteiger partial charge in [-0.15, -0.1) is 0 Å². The highest BCUT2D eigenvalue weighted by Gasteiger charge is 2.31. The van der Waals surface area contributed by atoms with Crippen LogP contribution in [0.3, 0.4) is 0 Å². The fraction of sp³-hybridized carbons (Fsp3) is 0.619. The number of nitrogens with zero attached hydrogens (tertiary/aromatic N) is 2. The second-order valence-corrected chi connectivity index (χ2v) is 10.4. The number of piperidine rings is 2. The zero-order chi connectivity index (χ0) is 21.9. The fourth-order valence-corrected chi connectivity index (χ4v) is 6.29. The van der Waals surface area contributed by atoms with Crippen molar-refractivity contribution >= 4 is 33.5 Å². The smallest absolute Gasteiger partial charge is 0.338 e. The Labute approximate surface area is 183 Å². The molecule has 0 N–H and O–H groups in total. The van der Waals surface area contributed by atoms with E-state index < -0.39 is 16.0 Å². The lowest BCUT2D eigenvalue weighted by atomic mass is 9.97. The SMILES string of the molecule is CC1CCCC(C)N1C(=O)COC(=O)c1ccc(Cl)c(S(=O)(=O)N2CCCCC2)c1. The number of likely N-dealkylation sites (tertiary alicyclic amines) is 1. The van der Waals surface area contributed by atoms with Gasteiger partial charge < -0.3 is 9.64 Å². The standard InChI is InChI=1S/C21H29ClN2O5S/c1-15-7-6-8-16(2)24(15)20(25)14-29-21(26)17-9-10-18(22)19(13-17)30(27,28)23-11-4-3-5-12-23/h9-10,13,15-16H,3-8,11-12,14H2,1-2H3. The van der Waals surface area contributed by atoms with Gasteiger partial charge in [0.25, 0.3) is 5.91 Å². The molecule has 2 heterocycles. The summed E-state index contributed by atoms with van der Waals surface area (Å²) >= 11 is 6.15. The van der Waals surface area contributed by atoms with Crippen molar-refractivity contribution in [2.75, 3.05) is 19.7 Å². The third-order valence-electron chi connectivity index (χ3n) is 5.91. The minimum atomic E-state index is -3.79. The first kappa shape index (κ1) is 23.0. The molecular formula is C21H29ClN2O5S. The predicted molar refractivity (Wildman–Crippen MR) is 114 cm³/mol. The number of amides is 1. The first-order valence-electron chi connectivity index (χ1n) is 10.5. The maximum Gasteiger partial charge on any atom is 0.338 e. The summed E-state index contributed by atoms with van der Waals surface area (Å²) < 4.78 is 32.5. The van der Waals surface area contributed by atoms with Gasteiger partial charge in [0.1, 0.15) is 4.90 Å². The third-order valence-corrected chi connectivity index (χ3v) is 8.29. The number of hydrogen-bond donors (Lipinski definition) is 0. The quantitative estimate of drug-likeness (QED) is 0.633. The molecule has 30 heavy (non-hydrogen) atoms. The Bertz CT molecular complexity index is 889. The molecule has 2 fully saturated rings. The van der Waals surface area contributed by atoms with E-state index in [1.165, 1.54) is 22.5 Å². The molecule has 2 unspecified atom stereocenters. The van der Waals surface area contributed by atoms with E-state index in [0.717, 1.165) is 38.5 Å². The summed E-state index contributed by atoms with van der Waals surface area (Å²) in [4.78, 5) is 26.7.